The zero-order valence-electron chi connectivity index (χ0n) is 10.5. The third-order valence-corrected chi connectivity index (χ3v) is 4.04. The average Bonchev–Trinajstić information content (AvgIpc) is 2.40. The first kappa shape index (κ1) is 15.0. The lowest BCUT2D eigenvalue weighted by atomic mass is 10.0. The summed E-state index contributed by atoms with van der Waals surface area (Å²) in [4.78, 5) is -0.413. The molecule has 0 aliphatic heterocycles. The molecule has 0 amide bonds. The van der Waals surface area contributed by atoms with Gasteiger partial charge in [-0.25, -0.2) is 4.39 Å². The van der Waals surface area contributed by atoms with Crippen molar-refractivity contribution >= 4 is 15.9 Å². The summed E-state index contributed by atoms with van der Waals surface area (Å²) in [5.74, 6) is -0.336. The van der Waals surface area contributed by atoms with E-state index in [4.69, 9.17) is 0 Å². The number of alkyl halides is 4. The molecule has 0 aromatic heterocycles. The highest BCUT2D eigenvalue weighted by atomic mass is 79.9. The van der Waals surface area contributed by atoms with Crippen LogP contribution in [0.15, 0.2) is 42.5 Å². The van der Waals surface area contributed by atoms with Crippen LogP contribution in [0, 0.1) is 12.7 Å². The predicted octanol–water partition coefficient (Wildman–Crippen LogP) is 5.64. The topological polar surface area (TPSA) is 0 Å². The van der Waals surface area contributed by atoms with E-state index < -0.39 is 16.6 Å². The average molecular weight is 347 g/mol. The summed E-state index contributed by atoms with van der Waals surface area (Å²) in [7, 11) is 0. The van der Waals surface area contributed by atoms with Gasteiger partial charge in [0.05, 0.1) is 10.4 Å². The van der Waals surface area contributed by atoms with Crippen molar-refractivity contribution in [2.24, 2.45) is 0 Å². The molecule has 5 heteroatoms. The molecule has 0 saturated heterocycles. The van der Waals surface area contributed by atoms with Crippen LogP contribution in [0.4, 0.5) is 17.6 Å². The summed E-state index contributed by atoms with van der Waals surface area (Å²) in [5, 5.41) is 0. The lowest BCUT2D eigenvalue weighted by molar-refractivity contribution is -0.137. The van der Waals surface area contributed by atoms with Gasteiger partial charge in [-0.1, -0.05) is 46.3 Å². The van der Waals surface area contributed by atoms with Gasteiger partial charge in [0.25, 0.3) is 0 Å². The largest absolute Gasteiger partial charge is 0.416 e. The van der Waals surface area contributed by atoms with Gasteiger partial charge in [0, 0.05) is 0 Å². The maximum atomic E-state index is 13.2. The second-order valence-electron chi connectivity index (χ2n) is 4.49. The molecule has 20 heavy (non-hydrogen) atoms. The van der Waals surface area contributed by atoms with E-state index in [9.17, 15) is 17.6 Å². The van der Waals surface area contributed by atoms with E-state index in [1.165, 1.54) is 12.1 Å². The first-order valence-electron chi connectivity index (χ1n) is 5.86. The zero-order chi connectivity index (χ0) is 14.9. The van der Waals surface area contributed by atoms with E-state index in [1.807, 2.05) is 0 Å². The predicted molar refractivity (Wildman–Crippen MR) is 73.4 cm³/mol. The SMILES string of the molecule is Cc1cc(C(Br)c2cccc(C(F)(F)F)c2)ccc1F. The summed E-state index contributed by atoms with van der Waals surface area (Å²) in [6.45, 7) is 1.62. The molecule has 0 bridgehead atoms. The minimum absolute atomic E-state index is 0.336. The maximum Gasteiger partial charge on any atom is 0.416 e. The van der Waals surface area contributed by atoms with Crippen LogP contribution in [-0.2, 0) is 6.18 Å². The molecule has 2 rings (SSSR count). The maximum absolute atomic E-state index is 13.2. The van der Waals surface area contributed by atoms with Crippen molar-refractivity contribution in [2.45, 2.75) is 17.9 Å². The molecule has 1 unspecified atom stereocenters. The summed E-state index contributed by atoms with van der Waals surface area (Å²) in [6.07, 6.45) is -4.37. The van der Waals surface area contributed by atoms with Gasteiger partial charge in [0.1, 0.15) is 5.82 Å². The van der Waals surface area contributed by atoms with Gasteiger partial charge in [-0.15, -0.1) is 0 Å². The molecular weight excluding hydrogens is 336 g/mol. The second-order valence-corrected chi connectivity index (χ2v) is 5.41. The minimum atomic E-state index is -4.37. The fourth-order valence-corrected chi connectivity index (χ4v) is 2.46. The molecule has 0 heterocycles. The van der Waals surface area contributed by atoms with E-state index in [-0.39, 0.29) is 5.82 Å². The van der Waals surface area contributed by atoms with Crippen LogP contribution < -0.4 is 0 Å². The Hall–Kier alpha value is -1.36. The van der Waals surface area contributed by atoms with Crippen molar-refractivity contribution in [3.63, 3.8) is 0 Å². The van der Waals surface area contributed by atoms with E-state index >= 15 is 0 Å². The third-order valence-electron chi connectivity index (χ3n) is 2.98. The Balaban J connectivity index is 2.38. The summed E-state index contributed by atoms with van der Waals surface area (Å²) >= 11 is 3.36. The molecule has 0 saturated carbocycles. The van der Waals surface area contributed by atoms with Crippen molar-refractivity contribution in [1.29, 1.82) is 0 Å². The minimum Gasteiger partial charge on any atom is -0.207 e. The quantitative estimate of drug-likeness (QED) is 0.487. The fourth-order valence-electron chi connectivity index (χ4n) is 1.89. The number of benzene rings is 2. The zero-order valence-corrected chi connectivity index (χ0v) is 12.1. The van der Waals surface area contributed by atoms with Crippen LogP contribution in [0.5, 0.6) is 0 Å². The van der Waals surface area contributed by atoms with E-state index in [1.54, 1.807) is 25.1 Å². The molecule has 2 aromatic carbocycles. The Labute approximate surface area is 122 Å². The number of halogens is 5. The number of aryl methyl sites for hydroxylation is 1. The molecule has 0 spiro atoms. The number of rotatable bonds is 2. The van der Waals surface area contributed by atoms with Gasteiger partial charge in [-0.2, -0.15) is 13.2 Å². The van der Waals surface area contributed by atoms with E-state index in [0.717, 1.165) is 12.1 Å². The molecule has 0 aliphatic carbocycles. The van der Waals surface area contributed by atoms with Gasteiger partial charge in [-0.05, 0) is 35.7 Å². The van der Waals surface area contributed by atoms with Gasteiger partial charge in [-0.3, -0.25) is 0 Å². The van der Waals surface area contributed by atoms with Crippen molar-refractivity contribution in [2.75, 3.05) is 0 Å². The number of hydrogen-bond donors (Lipinski definition) is 0. The Morgan fingerprint density at radius 2 is 1.65 bits per heavy atom. The highest BCUT2D eigenvalue weighted by Crippen LogP contribution is 2.35. The van der Waals surface area contributed by atoms with E-state index in [0.29, 0.717) is 16.7 Å². The van der Waals surface area contributed by atoms with E-state index in [2.05, 4.69) is 15.9 Å². The van der Waals surface area contributed by atoms with Crippen molar-refractivity contribution in [3.05, 3.63) is 70.5 Å². The lowest BCUT2D eigenvalue weighted by Gasteiger charge is -2.14. The molecule has 0 nitrogen and oxygen atoms in total. The summed E-state index contributed by atoms with van der Waals surface area (Å²) in [5.41, 5.74) is 0.950. The molecular formula is C15H11BrF4. The van der Waals surface area contributed by atoms with Crippen LogP contribution in [0.1, 0.15) is 27.1 Å². The van der Waals surface area contributed by atoms with Crippen molar-refractivity contribution in [1.82, 2.24) is 0 Å². The number of hydrogen-bond acceptors (Lipinski definition) is 0. The second kappa shape index (κ2) is 5.56. The third kappa shape index (κ3) is 3.20. The Kier molecular flexibility index (Phi) is 4.18. The van der Waals surface area contributed by atoms with Crippen LogP contribution in [-0.4, -0.2) is 0 Å². The van der Waals surface area contributed by atoms with Crippen LogP contribution in [0.25, 0.3) is 0 Å². The molecule has 0 radical (unpaired) electrons. The first-order chi connectivity index (χ1) is 9.29. The smallest absolute Gasteiger partial charge is 0.207 e. The monoisotopic (exact) mass is 346 g/mol. The van der Waals surface area contributed by atoms with Crippen LogP contribution >= 0.6 is 15.9 Å². The molecule has 106 valence electrons. The Morgan fingerprint density at radius 1 is 1.00 bits per heavy atom. The Morgan fingerprint density at radius 3 is 2.25 bits per heavy atom. The van der Waals surface area contributed by atoms with Crippen molar-refractivity contribution in [3.8, 4) is 0 Å². The first-order valence-corrected chi connectivity index (χ1v) is 6.78. The molecule has 1 atom stereocenters. The molecule has 0 N–H and O–H groups in total. The standard InChI is InChI=1S/C15H11BrF4/c1-9-7-11(5-6-13(9)17)14(16)10-3-2-4-12(8-10)15(18,19)20/h2-8,14H,1H3. The van der Waals surface area contributed by atoms with Gasteiger partial charge in [0.15, 0.2) is 0 Å². The highest BCUT2D eigenvalue weighted by molar-refractivity contribution is 9.09. The summed E-state index contributed by atoms with van der Waals surface area (Å²) in [6, 6.07) is 9.58. The van der Waals surface area contributed by atoms with Crippen LogP contribution in [0.3, 0.4) is 0 Å². The normalized spacial score (nSPS) is 13.3. The van der Waals surface area contributed by atoms with Gasteiger partial charge in [0.2, 0.25) is 0 Å². The van der Waals surface area contributed by atoms with Crippen LogP contribution in [0.2, 0.25) is 0 Å². The fraction of sp³-hybridized carbons (Fsp3) is 0.200. The lowest BCUT2D eigenvalue weighted by Crippen LogP contribution is -2.06. The van der Waals surface area contributed by atoms with Gasteiger partial charge < -0.3 is 0 Å². The van der Waals surface area contributed by atoms with Gasteiger partial charge >= 0.3 is 6.18 Å². The molecule has 2 aromatic rings. The molecule has 0 aliphatic rings. The molecule has 0 fully saturated rings. The summed E-state index contributed by atoms with van der Waals surface area (Å²) < 4.78 is 51.3. The Bertz CT molecular complexity index is 620. The highest BCUT2D eigenvalue weighted by Gasteiger charge is 2.30. The van der Waals surface area contributed by atoms with Crippen molar-refractivity contribution < 1.29 is 17.6 Å².